The third-order valence-electron chi connectivity index (χ3n) is 1.86. The van der Waals surface area contributed by atoms with Crippen molar-refractivity contribution in [2.45, 2.75) is 10.5 Å². The molecule has 2 aliphatic rings. The first-order valence-electron chi connectivity index (χ1n) is 3.96. The highest BCUT2D eigenvalue weighted by atomic mass is 79.9. The van der Waals surface area contributed by atoms with Gasteiger partial charge in [-0.05, 0) is 28.1 Å². The molecular weight excluding hydrogens is 286 g/mol. The maximum Gasteiger partial charge on any atom is 0.411 e. The van der Waals surface area contributed by atoms with Crippen molar-refractivity contribution in [1.29, 1.82) is 0 Å². The molecule has 0 saturated heterocycles. The summed E-state index contributed by atoms with van der Waals surface area (Å²) in [5.41, 5.74) is 0. The van der Waals surface area contributed by atoms with Gasteiger partial charge in [0.05, 0.1) is 12.1 Å². The molecule has 0 aromatic heterocycles. The lowest BCUT2D eigenvalue weighted by atomic mass is 10.3. The summed E-state index contributed by atoms with van der Waals surface area (Å²) in [6.45, 7) is 0. The summed E-state index contributed by atoms with van der Waals surface area (Å²) in [6.07, 6.45) is 3.81. The van der Waals surface area contributed by atoms with Gasteiger partial charge in [-0.2, -0.15) is 0 Å². The molecule has 76 valence electrons. The van der Waals surface area contributed by atoms with Crippen molar-refractivity contribution in [2.24, 2.45) is 0 Å². The Morgan fingerprint density at radius 2 is 2.21 bits per heavy atom. The van der Waals surface area contributed by atoms with Crippen molar-refractivity contribution in [1.82, 2.24) is 5.32 Å². The van der Waals surface area contributed by atoms with Crippen molar-refractivity contribution in [2.75, 3.05) is 7.11 Å². The fraction of sp³-hybridized carbons (Fsp3) is 0.375. The molecule has 0 bridgehead atoms. The van der Waals surface area contributed by atoms with Crippen molar-refractivity contribution >= 4 is 45.5 Å². The molecule has 0 fully saturated rings. The summed E-state index contributed by atoms with van der Waals surface area (Å²) in [4.78, 5) is 10.9. The number of methoxy groups -OCH3 is 1. The SMILES string of the molecule is COC(=O)NC1=CC2SC(Br)=CC2S1. The monoisotopic (exact) mass is 293 g/mol. The fourth-order valence-corrected chi connectivity index (χ4v) is 4.84. The summed E-state index contributed by atoms with van der Waals surface area (Å²) in [5, 5.41) is 4.43. The highest BCUT2D eigenvalue weighted by Gasteiger charge is 2.33. The lowest BCUT2D eigenvalue weighted by Gasteiger charge is -2.05. The Hall–Kier alpha value is -0.0700. The Bertz CT molecular complexity index is 329. The van der Waals surface area contributed by atoms with Crippen LogP contribution in [0.15, 0.2) is 21.0 Å². The Morgan fingerprint density at radius 3 is 2.86 bits per heavy atom. The predicted octanol–water partition coefficient (Wildman–Crippen LogP) is 2.65. The Labute approximate surface area is 98.8 Å². The number of hydrogen-bond acceptors (Lipinski definition) is 4. The van der Waals surface area contributed by atoms with E-state index in [4.69, 9.17) is 0 Å². The van der Waals surface area contributed by atoms with Gasteiger partial charge in [0.1, 0.15) is 0 Å². The van der Waals surface area contributed by atoms with Gasteiger partial charge in [-0.3, -0.25) is 5.32 Å². The summed E-state index contributed by atoms with van der Waals surface area (Å²) in [7, 11) is 1.36. The molecule has 2 aliphatic heterocycles. The van der Waals surface area contributed by atoms with Crippen LogP contribution in [0.4, 0.5) is 4.79 Å². The van der Waals surface area contributed by atoms with E-state index in [2.05, 4.69) is 38.1 Å². The zero-order valence-electron chi connectivity index (χ0n) is 7.32. The second kappa shape index (κ2) is 4.20. The van der Waals surface area contributed by atoms with E-state index in [1.165, 1.54) is 10.9 Å². The Morgan fingerprint density at radius 1 is 1.50 bits per heavy atom. The summed E-state index contributed by atoms with van der Waals surface area (Å²) in [6, 6.07) is 0. The molecule has 0 saturated carbocycles. The maximum absolute atomic E-state index is 10.9. The highest BCUT2D eigenvalue weighted by Crippen LogP contribution is 2.48. The van der Waals surface area contributed by atoms with Gasteiger partial charge < -0.3 is 4.74 Å². The van der Waals surface area contributed by atoms with Gasteiger partial charge in [0, 0.05) is 14.3 Å². The second-order valence-electron chi connectivity index (χ2n) is 2.78. The number of hydrogen-bond donors (Lipinski definition) is 1. The largest absolute Gasteiger partial charge is 0.453 e. The molecular formula is C8H8BrNO2S2. The number of carbonyl (C=O) groups excluding carboxylic acids is 1. The third-order valence-corrected chi connectivity index (χ3v) is 5.11. The van der Waals surface area contributed by atoms with E-state index in [-0.39, 0.29) is 0 Å². The minimum absolute atomic E-state index is 0.406. The number of ether oxygens (including phenoxy) is 1. The van der Waals surface area contributed by atoms with Gasteiger partial charge in [-0.25, -0.2) is 4.79 Å². The smallest absolute Gasteiger partial charge is 0.411 e. The summed E-state index contributed by atoms with van der Waals surface area (Å²) < 4.78 is 5.69. The molecule has 14 heavy (non-hydrogen) atoms. The Kier molecular flexibility index (Phi) is 3.14. The van der Waals surface area contributed by atoms with E-state index in [1.54, 1.807) is 23.5 Å². The number of fused-ring (bicyclic) bond motifs is 1. The molecule has 0 aromatic rings. The fourth-order valence-electron chi connectivity index (χ4n) is 1.25. The first-order chi connectivity index (χ1) is 6.69. The van der Waals surface area contributed by atoms with Gasteiger partial charge in [-0.1, -0.05) is 11.8 Å². The zero-order valence-corrected chi connectivity index (χ0v) is 10.5. The highest BCUT2D eigenvalue weighted by molar-refractivity contribution is 9.14. The van der Waals surface area contributed by atoms with Gasteiger partial charge in [0.2, 0.25) is 0 Å². The molecule has 1 N–H and O–H groups in total. The molecule has 1 amide bonds. The summed E-state index contributed by atoms with van der Waals surface area (Å²) in [5.74, 6) is 0. The van der Waals surface area contributed by atoms with Crippen LogP contribution in [0.2, 0.25) is 0 Å². The van der Waals surface area contributed by atoms with Crippen LogP contribution < -0.4 is 5.32 Å². The van der Waals surface area contributed by atoms with E-state index in [9.17, 15) is 4.79 Å². The van der Waals surface area contributed by atoms with Crippen LogP contribution in [-0.2, 0) is 4.74 Å². The van der Waals surface area contributed by atoms with E-state index in [0.29, 0.717) is 10.5 Å². The second-order valence-corrected chi connectivity index (χ2v) is 6.60. The maximum atomic E-state index is 10.9. The third kappa shape index (κ3) is 2.12. The van der Waals surface area contributed by atoms with Gasteiger partial charge >= 0.3 is 6.09 Å². The number of halogens is 1. The van der Waals surface area contributed by atoms with Crippen molar-refractivity contribution in [3.05, 3.63) is 21.0 Å². The van der Waals surface area contributed by atoms with E-state index < -0.39 is 6.09 Å². The minimum atomic E-state index is -0.406. The van der Waals surface area contributed by atoms with E-state index in [1.807, 2.05) is 0 Å². The van der Waals surface area contributed by atoms with Crippen LogP contribution in [0, 0.1) is 0 Å². The van der Waals surface area contributed by atoms with Crippen LogP contribution in [0.1, 0.15) is 0 Å². The molecule has 0 radical (unpaired) electrons. The lowest BCUT2D eigenvalue weighted by Crippen LogP contribution is -2.20. The lowest BCUT2D eigenvalue weighted by molar-refractivity contribution is 0.175. The van der Waals surface area contributed by atoms with Crippen LogP contribution in [0.25, 0.3) is 0 Å². The molecule has 0 aromatic carbocycles. The first kappa shape index (κ1) is 10.4. The normalized spacial score (nSPS) is 29.3. The summed E-state index contributed by atoms with van der Waals surface area (Å²) >= 11 is 6.86. The van der Waals surface area contributed by atoms with Crippen LogP contribution in [0.3, 0.4) is 0 Å². The van der Waals surface area contributed by atoms with Crippen molar-refractivity contribution < 1.29 is 9.53 Å². The van der Waals surface area contributed by atoms with Crippen LogP contribution >= 0.6 is 39.5 Å². The molecule has 2 atom stereocenters. The van der Waals surface area contributed by atoms with E-state index in [0.717, 1.165) is 5.03 Å². The standard InChI is InChI=1S/C8H8BrNO2S2/c1-12-8(11)10-7-3-5-4(14-7)2-6(9)13-5/h2-5H,1H3,(H,10,11). The first-order valence-corrected chi connectivity index (χ1v) is 6.51. The van der Waals surface area contributed by atoms with Crippen LogP contribution in [0.5, 0.6) is 0 Å². The number of thioether (sulfide) groups is 2. The predicted molar refractivity (Wildman–Crippen MR) is 63.4 cm³/mol. The molecule has 0 aliphatic carbocycles. The molecule has 0 spiro atoms. The minimum Gasteiger partial charge on any atom is -0.453 e. The zero-order chi connectivity index (χ0) is 10.1. The van der Waals surface area contributed by atoms with Crippen LogP contribution in [-0.4, -0.2) is 23.7 Å². The molecule has 6 heteroatoms. The number of rotatable bonds is 1. The number of amides is 1. The molecule has 3 nitrogen and oxygen atoms in total. The van der Waals surface area contributed by atoms with Gasteiger partial charge in [0.25, 0.3) is 0 Å². The number of alkyl carbamates (subject to hydrolysis) is 1. The average Bonchev–Trinajstić information content (AvgIpc) is 2.60. The number of nitrogens with one attached hydrogen (secondary N) is 1. The van der Waals surface area contributed by atoms with Gasteiger partial charge in [0.15, 0.2) is 0 Å². The van der Waals surface area contributed by atoms with E-state index >= 15 is 0 Å². The van der Waals surface area contributed by atoms with Crippen molar-refractivity contribution in [3.63, 3.8) is 0 Å². The number of carbonyl (C=O) groups is 1. The average molecular weight is 294 g/mol. The van der Waals surface area contributed by atoms with Gasteiger partial charge in [-0.15, -0.1) is 11.8 Å². The Balaban J connectivity index is 1.95. The van der Waals surface area contributed by atoms with Crippen molar-refractivity contribution in [3.8, 4) is 0 Å². The molecule has 2 unspecified atom stereocenters. The molecule has 2 rings (SSSR count). The molecule has 2 heterocycles. The topological polar surface area (TPSA) is 38.3 Å². The quantitative estimate of drug-likeness (QED) is 0.807.